The minimum atomic E-state index is -0.194. The quantitative estimate of drug-likeness (QED) is 0.739. The summed E-state index contributed by atoms with van der Waals surface area (Å²) in [6.45, 7) is 1.87. The van der Waals surface area contributed by atoms with Crippen LogP contribution < -0.4 is 5.32 Å². The van der Waals surface area contributed by atoms with Crippen molar-refractivity contribution in [2.45, 2.75) is 19.4 Å². The number of carbonyl (C=O) groups is 1. The van der Waals surface area contributed by atoms with Crippen molar-refractivity contribution in [2.24, 2.45) is 0 Å². The number of amides is 1. The van der Waals surface area contributed by atoms with E-state index in [0.29, 0.717) is 12.0 Å². The molecule has 0 saturated heterocycles. The summed E-state index contributed by atoms with van der Waals surface area (Å²) in [6.07, 6.45) is 2.41. The first-order valence-electron chi connectivity index (χ1n) is 5.59. The van der Waals surface area contributed by atoms with Crippen LogP contribution in [0.3, 0.4) is 0 Å². The predicted molar refractivity (Wildman–Crippen MR) is 64.7 cm³/mol. The third-order valence-corrected chi connectivity index (χ3v) is 2.75. The summed E-state index contributed by atoms with van der Waals surface area (Å²) in [6, 6.07) is 5.15. The molecule has 2 rings (SSSR count). The molecule has 17 heavy (non-hydrogen) atoms. The third kappa shape index (κ3) is 2.45. The average Bonchev–Trinajstić information content (AvgIpc) is 2.82. The largest absolute Gasteiger partial charge is 0.394 e. The maximum atomic E-state index is 11.9. The Balaban J connectivity index is 2.18. The Hall–Kier alpha value is -1.88. The molecule has 90 valence electrons. The smallest absolute Gasteiger partial charge is 0.251 e. The first-order valence-corrected chi connectivity index (χ1v) is 5.59. The summed E-state index contributed by atoms with van der Waals surface area (Å²) in [5.41, 5.74) is 1.39. The van der Waals surface area contributed by atoms with E-state index in [1.54, 1.807) is 18.3 Å². The van der Waals surface area contributed by atoms with E-state index >= 15 is 0 Å². The fourth-order valence-corrected chi connectivity index (χ4v) is 1.62. The molecule has 0 aliphatic carbocycles. The normalized spacial score (nSPS) is 12.6. The molecule has 0 spiro atoms. The van der Waals surface area contributed by atoms with Crippen molar-refractivity contribution in [1.29, 1.82) is 0 Å². The molecule has 5 nitrogen and oxygen atoms in total. The van der Waals surface area contributed by atoms with E-state index in [0.717, 1.165) is 10.9 Å². The second kappa shape index (κ2) is 4.97. The SMILES string of the molecule is CC[C@@H](CO)NC(=O)c1ccc2cn[nH]c2c1. The van der Waals surface area contributed by atoms with Gasteiger partial charge in [0.25, 0.3) is 5.91 Å². The van der Waals surface area contributed by atoms with Gasteiger partial charge in [-0.15, -0.1) is 0 Å². The minimum absolute atomic E-state index is 0.0471. The molecule has 1 aromatic heterocycles. The van der Waals surface area contributed by atoms with Gasteiger partial charge in [-0.3, -0.25) is 9.89 Å². The highest BCUT2D eigenvalue weighted by atomic mass is 16.3. The Morgan fingerprint density at radius 3 is 3.12 bits per heavy atom. The maximum absolute atomic E-state index is 11.9. The van der Waals surface area contributed by atoms with Gasteiger partial charge in [0.15, 0.2) is 0 Å². The van der Waals surface area contributed by atoms with Gasteiger partial charge in [-0.25, -0.2) is 0 Å². The Morgan fingerprint density at radius 1 is 1.59 bits per heavy atom. The zero-order valence-corrected chi connectivity index (χ0v) is 9.60. The van der Waals surface area contributed by atoms with E-state index in [1.165, 1.54) is 0 Å². The van der Waals surface area contributed by atoms with Crippen LogP contribution in [0.15, 0.2) is 24.4 Å². The van der Waals surface area contributed by atoms with Crippen molar-refractivity contribution in [1.82, 2.24) is 15.5 Å². The zero-order chi connectivity index (χ0) is 12.3. The van der Waals surface area contributed by atoms with Crippen LogP contribution in [0.25, 0.3) is 10.9 Å². The number of aliphatic hydroxyl groups is 1. The van der Waals surface area contributed by atoms with Crippen LogP contribution in [-0.4, -0.2) is 33.9 Å². The molecule has 1 aromatic carbocycles. The Kier molecular flexibility index (Phi) is 3.39. The number of H-pyrrole nitrogens is 1. The van der Waals surface area contributed by atoms with Gasteiger partial charge in [0, 0.05) is 10.9 Å². The Labute approximate surface area is 98.8 Å². The summed E-state index contributed by atoms with van der Waals surface area (Å²) in [7, 11) is 0. The maximum Gasteiger partial charge on any atom is 0.251 e. The van der Waals surface area contributed by atoms with Crippen molar-refractivity contribution in [3.8, 4) is 0 Å². The summed E-state index contributed by atoms with van der Waals surface area (Å²) in [5.74, 6) is -0.178. The second-order valence-corrected chi connectivity index (χ2v) is 3.93. The highest BCUT2D eigenvalue weighted by Crippen LogP contribution is 2.12. The lowest BCUT2D eigenvalue weighted by atomic mass is 10.1. The van der Waals surface area contributed by atoms with Gasteiger partial charge in [-0.2, -0.15) is 5.10 Å². The van der Waals surface area contributed by atoms with Gasteiger partial charge < -0.3 is 10.4 Å². The number of nitrogens with zero attached hydrogens (tertiary/aromatic N) is 1. The standard InChI is InChI=1S/C12H15N3O2/c1-2-10(7-16)14-12(17)8-3-4-9-6-13-15-11(9)5-8/h3-6,10,16H,2,7H2,1H3,(H,13,15)(H,14,17)/t10-/m0/s1. The fraction of sp³-hybridized carbons (Fsp3) is 0.333. The number of aromatic amines is 1. The summed E-state index contributed by atoms with van der Waals surface area (Å²) < 4.78 is 0. The van der Waals surface area contributed by atoms with Crippen molar-refractivity contribution >= 4 is 16.8 Å². The number of aliphatic hydroxyl groups excluding tert-OH is 1. The van der Waals surface area contributed by atoms with Crippen LogP contribution in [0, 0.1) is 0 Å². The van der Waals surface area contributed by atoms with Gasteiger partial charge in [-0.1, -0.05) is 13.0 Å². The monoisotopic (exact) mass is 233 g/mol. The van der Waals surface area contributed by atoms with Crippen LogP contribution in [0.2, 0.25) is 0 Å². The molecule has 0 bridgehead atoms. The molecule has 0 radical (unpaired) electrons. The number of nitrogens with one attached hydrogen (secondary N) is 2. The van der Waals surface area contributed by atoms with Crippen LogP contribution >= 0.6 is 0 Å². The van der Waals surface area contributed by atoms with Gasteiger partial charge in [0.1, 0.15) is 0 Å². The van der Waals surface area contributed by atoms with E-state index in [-0.39, 0.29) is 18.6 Å². The van der Waals surface area contributed by atoms with Crippen molar-refractivity contribution in [3.63, 3.8) is 0 Å². The molecule has 0 saturated carbocycles. The molecule has 1 atom stereocenters. The summed E-state index contributed by atoms with van der Waals surface area (Å²) in [5, 5.41) is 19.5. The number of aromatic nitrogens is 2. The number of fused-ring (bicyclic) bond motifs is 1. The molecule has 0 fully saturated rings. The molecule has 1 heterocycles. The molecular weight excluding hydrogens is 218 g/mol. The fourth-order valence-electron chi connectivity index (χ4n) is 1.62. The molecule has 2 aromatic rings. The van der Waals surface area contributed by atoms with Gasteiger partial charge in [0.2, 0.25) is 0 Å². The number of hydrogen-bond acceptors (Lipinski definition) is 3. The third-order valence-electron chi connectivity index (χ3n) is 2.75. The van der Waals surface area contributed by atoms with Gasteiger partial charge in [0.05, 0.1) is 24.4 Å². The van der Waals surface area contributed by atoms with Gasteiger partial charge in [-0.05, 0) is 18.6 Å². The van der Waals surface area contributed by atoms with Crippen molar-refractivity contribution in [2.75, 3.05) is 6.61 Å². The Morgan fingerprint density at radius 2 is 2.41 bits per heavy atom. The summed E-state index contributed by atoms with van der Waals surface area (Å²) in [4.78, 5) is 11.9. The predicted octanol–water partition coefficient (Wildman–Crippen LogP) is 1.06. The van der Waals surface area contributed by atoms with Crippen LogP contribution in [0.5, 0.6) is 0 Å². The topological polar surface area (TPSA) is 78.0 Å². The first kappa shape index (κ1) is 11.6. The molecule has 5 heteroatoms. The van der Waals surface area contributed by atoms with Crippen molar-refractivity contribution < 1.29 is 9.90 Å². The summed E-state index contributed by atoms with van der Waals surface area (Å²) >= 11 is 0. The molecule has 3 N–H and O–H groups in total. The van der Waals surface area contributed by atoms with E-state index in [9.17, 15) is 4.79 Å². The molecule has 0 aliphatic heterocycles. The molecule has 0 unspecified atom stereocenters. The number of benzene rings is 1. The van der Waals surface area contributed by atoms with Gasteiger partial charge >= 0.3 is 0 Å². The molecular formula is C12H15N3O2. The lowest BCUT2D eigenvalue weighted by Crippen LogP contribution is -2.36. The highest BCUT2D eigenvalue weighted by molar-refractivity contribution is 5.97. The average molecular weight is 233 g/mol. The molecule has 1 amide bonds. The first-order chi connectivity index (χ1) is 8.24. The van der Waals surface area contributed by atoms with E-state index in [1.807, 2.05) is 13.0 Å². The second-order valence-electron chi connectivity index (χ2n) is 3.93. The van der Waals surface area contributed by atoms with E-state index in [4.69, 9.17) is 5.11 Å². The van der Waals surface area contributed by atoms with Crippen LogP contribution in [0.4, 0.5) is 0 Å². The van der Waals surface area contributed by atoms with E-state index in [2.05, 4.69) is 15.5 Å². The van der Waals surface area contributed by atoms with Crippen LogP contribution in [-0.2, 0) is 0 Å². The minimum Gasteiger partial charge on any atom is -0.394 e. The number of hydrogen-bond donors (Lipinski definition) is 3. The van der Waals surface area contributed by atoms with Crippen LogP contribution in [0.1, 0.15) is 23.7 Å². The highest BCUT2D eigenvalue weighted by Gasteiger charge is 2.11. The number of rotatable bonds is 4. The van der Waals surface area contributed by atoms with Crippen molar-refractivity contribution in [3.05, 3.63) is 30.0 Å². The Bertz CT molecular complexity index is 517. The lowest BCUT2D eigenvalue weighted by molar-refractivity contribution is 0.0915. The number of carbonyl (C=O) groups excluding carboxylic acids is 1. The lowest BCUT2D eigenvalue weighted by Gasteiger charge is -2.13. The molecule has 0 aliphatic rings. The zero-order valence-electron chi connectivity index (χ0n) is 9.60. The van der Waals surface area contributed by atoms with E-state index < -0.39 is 0 Å².